The second-order valence-electron chi connectivity index (χ2n) is 4.96. The van der Waals surface area contributed by atoms with E-state index in [1.807, 2.05) is 6.92 Å². The molecule has 100 valence electrons. The summed E-state index contributed by atoms with van der Waals surface area (Å²) in [6.07, 6.45) is 1.08. The molecule has 0 spiro atoms. The number of aryl methyl sites for hydroxylation is 1. The van der Waals surface area contributed by atoms with Crippen LogP contribution in [0.3, 0.4) is 0 Å². The Morgan fingerprint density at radius 1 is 0.947 bits per heavy atom. The van der Waals surface area contributed by atoms with Crippen LogP contribution >= 0.6 is 0 Å². The van der Waals surface area contributed by atoms with E-state index in [9.17, 15) is 0 Å². The van der Waals surface area contributed by atoms with Crippen molar-refractivity contribution >= 4 is 11.4 Å². The number of benzene rings is 2. The minimum atomic E-state index is 0.0863. The van der Waals surface area contributed by atoms with E-state index in [1.54, 1.807) is 0 Å². The van der Waals surface area contributed by atoms with Crippen molar-refractivity contribution in [1.29, 1.82) is 0 Å². The van der Waals surface area contributed by atoms with Gasteiger partial charge in [-0.1, -0.05) is 31.2 Å². The zero-order valence-corrected chi connectivity index (χ0v) is 11.9. The predicted molar refractivity (Wildman–Crippen MR) is 82.9 cm³/mol. The van der Waals surface area contributed by atoms with Gasteiger partial charge in [-0.3, -0.25) is 0 Å². The molecule has 2 aromatic carbocycles. The first-order chi connectivity index (χ1) is 9.11. The van der Waals surface area contributed by atoms with Gasteiger partial charge in [-0.15, -0.1) is 0 Å². The third kappa shape index (κ3) is 3.15. The van der Waals surface area contributed by atoms with Crippen molar-refractivity contribution in [2.75, 3.05) is 11.9 Å². The van der Waals surface area contributed by atoms with E-state index in [0.717, 1.165) is 6.42 Å². The van der Waals surface area contributed by atoms with Crippen LogP contribution < -0.4 is 10.6 Å². The fraction of sp³-hybridized carbons (Fsp3) is 0.294. The highest BCUT2D eigenvalue weighted by atomic mass is 15.1. The third-order valence-corrected chi connectivity index (χ3v) is 3.54. The Hall–Kier alpha value is -1.80. The number of hydrogen-bond acceptors (Lipinski definition) is 2. The van der Waals surface area contributed by atoms with E-state index in [0.29, 0.717) is 0 Å². The molecule has 2 heteroatoms. The van der Waals surface area contributed by atoms with E-state index in [2.05, 4.69) is 67.4 Å². The fourth-order valence-corrected chi connectivity index (χ4v) is 2.11. The van der Waals surface area contributed by atoms with Gasteiger partial charge < -0.3 is 10.6 Å². The Morgan fingerprint density at radius 3 is 1.84 bits per heavy atom. The highest BCUT2D eigenvalue weighted by Crippen LogP contribution is 2.25. The molecule has 0 saturated heterocycles. The maximum absolute atomic E-state index is 5.87. The molecule has 19 heavy (non-hydrogen) atoms. The lowest BCUT2D eigenvalue weighted by atomic mass is 10.1. The molecule has 0 fully saturated rings. The molecular formula is C17H22N2. The number of anilines is 2. The van der Waals surface area contributed by atoms with E-state index < -0.39 is 0 Å². The largest absolute Gasteiger partial charge is 0.345 e. The van der Waals surface area contributed by atoms with Gasteiger partial charge in [-0.05, 0) is 48.7 Å². The molecule has 0 heterocycles. The van der Waals surface area contributed by atoms with Gasteiger partial charge in [0.05, 0.1) is 0 Å². The molecule has 0 aromatic heterocycles. The van der Waals surface area contributed by atoms with Gasteiger partial charge >= 0.3 is 0 Å². The standard InChI is InChI=1S/C17H22N2/c1-4-14-5-9-16(10-6-14)19(3)17-11-7-15(8-12-17)13(2)18/h5-13H,4,18H2,1-3H3/t13-/m0/s1. The average Bonchev–Trinajstić information content (AvgIpc) is 2.46. The van der Waals surface area contributed by atoms with Crippen LogP contribution in [0, 0.1) is 0 Å². The van der Waals surface area contributed by atoms with E-state index in [1.165, 1.54) is 22.5 Å². The number of hydrogen-bond donors (Lipinski definition) is 1. The Morgan fingerprint density at radius 2 is 1.42 bits per heavy atom. The second kappa shape index (κ2) is 5.89. The third-order valence-electron chi connectivity index (χ3n) is 3.54. The molecule has 2 nitrogen and oxygen atoms in total. The molecule has 2 rings (SSSR count). The zero-order valence-electron chi connectivity index (χ0n) is 11.9. The Balaban J connectivity index is 2.20. The van der Waals surface area contributed by atoms with Crippen molar-refractivity contribution in [3.8, 4) is 0 Å². The summed E-state index contributed by atoms with van der Waals surface area (Å²) in [7, 11) is 2.09. The van der Waals surface area contributed by atoms with Crippen molar-refractivity contribution in [2.45, 2.75) is 26.3 Å². The first kappa shape index (κ1) is 13.6. The molecule has 0 unspecified atom stereocenters. The second-order valence-corrected chi connectivity index (χ2v) is 4.96. The lowest BCUT2D eigenvalue weighted by molar-refractivity contribution is 0.818. The van der Waals surface area contributed by atoms with Gasteiger partial charge in [0, 0.05) is 24.5 Å². The molecule has 2 N–H and O–H groups in total. The minimum absolute atomic E-state index is 0.0863. The van der Waals surface area contributed by atoms with Crippen LogP contribution in [0.4, 0.5) is 11.4 Å². The smallest absolute Gasteiger partial charge is 0.0408 e. The van der Waals surface area contributed by atoms with Crippen LogP contribution in [0.1, 0.15) is 31.0 Å². The summed E-state index contributed by atoms with van der Waals surface area (Å²) >= 11 is 0. The number of nitrogens with zero attached hydrogens (tertiary/aromatic N) is 1. The van der Waals surface area contributed by atoms with Gasteiger partial charge in [0.25, 0.3) is 0 Å². The molecule has 0 aliphatic rings. The molecule has 2 aromatic rings. The average molecular weight is 254 g/mol. The van der Waals surface area contributed by atoms with Gasteiger partial charge in [-0.25, -0.2) is 0 Å². The van der Waals surface area contributed by atoms with E-state index >= 15 is 0 Å². The molecule has 1 atom stereocenters. The van der Waals surface area contributed by atoms with Gasteiger partial charge in [0.15, 0.2) is 0 Å². The topological polar surface area (TPSA) is 29.3 Å². The monoisotopic (exact) mass is 254 g/mol. The molecule has 0 bridgehead atoms. The van der Waals surface area contributed by atoms with Crippen molar-refractivity contribution < 1.29 is 0 Å². The van der Waals surface area contributed by atoms with Gasteiger partial charge in [0.1, 0.15) is 0 Å². The molecule has 0 radical (unpaired) electrons. The molecule has 0 saturated carbocycles. The van der Waals surface area contributed by atoms with E-state index in [-0.39, 0.29) is 6.04 Å². The summed E-state index contributed by atoms with van der Waals surface area (Å²) in [5.41, 5.74) is 10.8. The van der Waals surface area contributed by atoms with Crippen molar-refractivity contribution in [3.63, 3.8) is 0 Å². The summed E-state index contributed by atoms with van der Waals surface area (Å²) in [6, 6.07) is 17.2. The fourth-order valence-electron chi connectivity index (χ4n) is 2.11. The number of nitrogens with two attached hydrogens (primary N) is 1. The van der Waals surface area contributed by atoms with Gasteiger partial charge in [0.2, 0.25) is 0 Å². The van der Waals surface area contributed by atoms with E-state index in [4.69, 9.17) is 5.73 Å². The summed E-state index contributed by atoms with van der Waals surface area (Å²) in [6.45, 7) is 4.17. The van der Waals surface area contributed by atoms with Crippen LogP contribution in [-0.4, -0.2) is 7.05 Å². The minimum Gasteiger partial charge on any atom is -0.345 e. The van der Waals surface area contributed by atoms with Crippen LogP contribution in [0.15, 0.2) is 48.5 Å². The Kier molecular flexibility index (Phi) is 4.23. The molecule has 0 aliphatic heterocycles. The Bertz CT molecular complexity index is 512. The first-order valence-corrected chi connectivity index (χ1v) is 6.80. The summed E-state index contributed by atoms with van der Waals surface area (Å²) in [5, 5.41) is 0. The highest BCUT2D eigenvalue weighted by molar-refractivity contribution is 5.62. The van der Waals surface area contributed by atoms with Crippen LogP contribution in [0.25, 0.3) is 0 Å². The summed E-state index contributed by atoms with van der Waals surface area (Å²) in [5.74, 6) is 0. The van der Waals surface area contributed by atoms with Crippen molar-refractivity contribution in [3.05, 3.63) is 59.7 Å². The van der Waals surface area contributed by atoms with Crippen molar-refractivity contribution in [1.82, 2.24) is 0 Å². The quantitative estimate of drug-likeness (QED) is 0.892. The van der Waals surface area contributed by atoms with Crippen molar-refractivity contribution in [2.24, 2.45) is 5.73 Å². The normalized spacial score (nSPS) is 12.2. The molecule has 0 amide bonds. The van der Waals surface area contributed by atoms with Gasteiger partial charge in [-0.2, -0.15) is 0 Å². The summed E-state index contributed by atoms with van der Waals surface area (Å²) < 4.78 is 0. The maximum atomic E-state index is 5.87. The number of rotatable bonds is 4. The lowest BCUT2D eigenvalue weighted by Crippen LogP contribution is -2.10. The predicted octanol–water partition coefficient (Wildman–Crippen LogP) is 4.04. The van der Waals surface area contributed by atoms with Crippen LogP contribution in [0.5, 0.6) is 0 Å². The van der Waals surface area contributed by atoms with Crippen LogP contribution in [0.2, 0.25) is 0 Å². The first-order valence-electron chi connectivity index (χ1n) is 6.80. The summed E-state index contributed by atoms with van der Waals surface area (Å²) in [4.78, 5) is 2.18. The zero-order chi connectivity index (χ0) is 13.8. The SMILES string of the molecule is CCc1ccc(N(C)c2ccc([C@H](C)N)cc2)cc1. The highest BCUT2D eigenvalue weighted by Gasteiger charge is 2.05. The van der Waals surface area contributed by atoms with Crippen LogP contribution in [-0.2, 0) is 6.42 Å². The molecular weight excluding hydrogens is 232 g/mol. The molecule has 0 aliphatic carbocycles. The lowest BCUT2D eigenvalue weighted by Gasteiger charge is -2.20. The Labute approximate surface area is 115 Å². The maximum Gasteiger partial charge on any atom is 0.0408 e.